The maximum absolute atomic E-state index is 14.1. The molecule has 2 aliphatic heterocycles. The van der Waals surface area contributed by atoms with Crippen LogP contribution in [-0.2, 0) is 33.5 Å². The second-order valence-corrected chi connectivity index (χ2v) is 15.6. The third-order valence-corrected chi connectivity index (χ3v) is 10.2. The van der Waals surface area contributed by atoms with E-state index in [1.165, 1.54) is 50.2 Å². The van der Waals surface area contributed by atoms with Crippen molar-refractivity contribution in [3.63, 3.8) is 0 Å². The van der Waals surface area contributed by atoms with E-state index in [0.29, 0.717) is 35.6 Å². The van der Waals surface area contributed by atoms with Crippen LogP contribution in [0.2, 0.25) is 20.1 Å². The molecule has 0 saturated carbocycles. The third-order valence-electron chi connectivity index (χ3n) is 9.29. The molecule has 6 rings (SSSR count). The minimum Gasteiger partial charge on any atom is -0.352 e. The highest BCUT2D eigenvalue weighted by molar-refractivity contribution is 6.62. The topological polar surface area (TPSA) is 96.9 Å². The highest BCUT2D eigenvalue weighted by Gasteiger charge is 2.59. The molecule has 0 saturated heterocycles. The summed E-state index contributed by atoms with van der Waals surface area (Å²) in [6, 6.07) is 22.1. The number of nitrogens with two attached hydrogens (primary N) is 1. The van der Waals surface area contributed by atoms with Crippen molar-refractivity contribution in [2.45, 2.75) is 63.0 Å². The molecule has 3 N–H and O–H groups in total. The summed E-state index contributed by atoms with van der Waals surface area (Å²) in [7, 11) is 0. The molecular weight excluding hydrogens is 895 g/mol. The average Bonchev–Trinajstić information content (AvgIpc) is 3.78. The molecule has 2 atom stereocenters. The number of carbonyl (C=O) groups excluding carboxylic acids is 2. The van der Waals surface area contributed by atoms with Gasteiger partial charge in [0.2, 0.25) is 11.1 Å². The van der Waals surface area contributed by atoms with Crippen molar-refractivity contribution >= 4 is 93.0 Å². The number of nitrogens with zero attached hydrogens (tertiary/aromatic N) is 2. The lowest BCUT2D eigenvalue weighted by Crippen LogP contribution is -2.43. The van der Waals surface area contributed by atoms with Crippen molar-refractivity contribution in [1.82, 2.24) is 5.32 Å². The van der Waals surface area contributed by atoms with Crippen LogP contribution in [0.25, 0.3) is 0 Å². The Morgan fingerprint density at radius 3 is 1.28 bits per heavy atom. The van der Waals surface area contributed by atoms with Crippen LogP contribution in [0.15, 0.2) is 94.9 Å². The van der Waals surface area contributed by atoms with Gasteiger partial charge in [-0.25, -0.2) is 0 Å². The fourth-order valence-corrected chi connectivity index (χ4v) is 7.32. The van der Waals surface area contributed by atoms with E-state index >= 15 is 0 Å². The molecule has 18 heteroatoms. The first-order valence-corrected chi connectivity index (χ1v) is 18.9. The highest BCUT2D eigenvalue weighted by atomic mass is 35.5. The quantitative estimate of drug-likeness (QED) is 0.143. The smallest absolute Gasteiger partial charge is 0.352 e. The van der Waals surface area contributed by atoms with Gasteiger partial charge < -0.3 is 11.1 Å². The SMILES string of the molecule is CC(=O)Cl.CC(=O)NCc1ccc(C2=NCC(c3cc(Cl)cc(Cl)c3)(C(F)(F)F)C2)cc1.Cl.NCc1ccc(C2=NCC(c3cc(Cl)cc(Cl)c3)(C(F)(F)F)C2)cc1. The fourth-order valence-electron chi connectivity index (χ4n) is 6.27. The summed E-state index contributed by atoms with van der Waals surface area (Å²) < 4.78 is 84.3. The molecule has 2 heterocycles. The van der Waals surface area contributed by atoms with E-state index in [1.54, 1.807) is 48.5 Å². The van der Waals surface area contributed by atoms with Gasteiger partial charge >= 0.3 is 12.4 Å². The Morgan fingerprint density at radius 2 is 0.983 bits per heavy atom. The average molecular weight is 931 g/mol. The first-order chi connectivity index (χ1) is 26.6. The van der Waals surface area contributed by atoms with Crippen LogP contribution < -0.4 is 11.1 Å². The molecule has 4 aromatic carbocycles. The Labute approximate surface area is 362 Å². The van der Waals surface area contributed by atoms with Crippen LogP contribution in [0, 0.1) is 0 Å². The molecule has 0 aliphatic carbocycles. The van der Waals surface area contributed by atoms with Crippen LogP contribution in [-0.4, -0.2) is 48.0 Å². The molecule has 2 unspecified atom stereocenters. The molecule has 0 radical (unpaired) electrons. The molecule has 2 aliphatic rings. The number of hydrogen-bond donors (Lipinski definition) is 2. The summed E-state index contributed by atoms with van der Waals surface area (Å²) >= 11 is 28.4. The minimum absolute atomic E-state index is 0. The molecule has 4 aromatic rings. The molecule has 58 heavy (non-hydrogen) atoms. The zero-order valence-electron chi connectivity index (χ0n) is 30.7. The largest absolute Gasteiger partial charge is 0.400 e. The fraction of sp³-hybridized carbons (Fsp3) is 0.300. The lowest BCUT2D eigenvalue weighted by molar-refractivity contribution is -0.184. The van der Waals surface area contributed by atoms with Gasteiger partial charge in [0.25, 0.3) is 0 Å². The first-order valence-electron chi connectivity index (χ1n) is 17.0. The molecule has 0 bridgehead atoms. The van der Waals surface area contributed by atoms with Crippen molar-refractivity contribution in [1.29, 1.82) is 0 Å². The predicted octanol–water partition coefficient (Wildman–Crippen LogP) is 11.7. The normalized spacial score (nSPS) is 18.7. The molecular formula is C40H36Cl6F6N4O2. The van der Waals surface area contributed by atoms with E-state index in [2.05, 4.69) is 26.9 Å². The summed E-state index contributed by atoms with van der Waals surface area (Å²) in [4.78, 5) is 28.6. The number of hydrogen-bond acceptors (Lipinski definition) is 5. The van der Waals surface area contributed by atoms with E-state index in [1.807, 2.05) is 0 Å². The number of benzene rings is 4. The van der Waals surface area contributed by atoms with Gasteiger partial charge in [-0.2, -0.15) is 26.3 Å². The molecule has 0 fully saturated rings. The van der Waals surface area contributed by atoms with Crippen molar-refractivity contribution in [3.8, 4) is 0 Å². The maximum atomic E-state index is 14.1. The van der Waals surface area contributed by atoms with Crippen LogP contribution in [0.3, 0.4) is 0 Å². The number of amides is 1. The third kappa shape index (κ3) is 12.1. The van der Waals surface area contributed by atoms with E-state index < -0.39 is 29.7 Å². The van der Waals surface area contributed by atoms with Gasteiger partial charge in [-0.3, -0.25) is 19.6 Å². The molecule has 1 amide bonds. The zero-order valence-corrected chi connectivity index (χ0v) is 35.3. The van der Waals surface area contributed by atoms with Gasteiger partial charge in [0.1, 0.15) is 10.8 Å². The van der Waals surface area contributed by atoms with Crippen LogP contribution in [0.4, 0.5) is 26.3 Å². The number of rotatable bonds is 7. The van der Waals surface area contributed by atoms with Gasteiger partial charge in [-0.1, -0.05) is 94.9 Å². The number of alkyl halides is 6. The molecule has 0 spiro atoms. The zero-order chi connectivity index (χ0) is 42.3. The molecule has 312 valence electrons. The van der Waals surface area contributed by atoms with Crippen LogP contribution in [0.5, 0.6) is 0 Å². The number of nitrogens with one attached hydrogen (secondary N) is 1. The van der Waals surface area contributed by atoms with Crippen LogP contribution >= 0.6 is 70.4 Å². The second kappa shape index (κ2) is 20.3. The molecule has 6 nitrogen and oxygen atoms in total. The van der Waals surface area contributed by atoms with Gasteiger partial charge in [-0.15, -0.1) is 12.4 Å². The Bertz CT molecular complexity index is 2100. The highest BCUT2D eigenvalue weighted by Crippen LogP contribution is 2.50. The van der Waals surface area contributed by atoms with E-state index in [-0.39, 0.29) is 74.2 Å². The first kappa shape index (κ1) is 49.0. The Morgan fingerprint density at radius 1 is 0.655 bits per heavy atom. The lowest BCUT2D eigenvalue weighted by Gasteiger charge is -2.31. The van der Waals surface area contributed by atoms with Crippen molar-refractivity contribution in [2.75, 3.05) is 13.1 Å². The predicted molar refractivity (Wildman–Crippen MR) is 223 cm³/mol. The number of aliphatic imine (C=N–C) groups is 2. The van der Waals surface area contributed by atoms with Gasteiger partial charge in [-0.05, 0) is 81.4 Å². The summed E-state index contributed by atoms with van der Waals surface area (Å²) in [5.74, 6) is -0.153. The monoisotopic (exact) mass is 928 g/mol. The number of halogens is 12. The van der Waals surface area contributed by atoms with E-state index in [4.69, 9.17) is 52.1 Å². The maximum Gasteiger partial charge on any atom is 0.400 e. The second-order valence-electron chi connectivity index (χ2n) is 13.3. The summed E-state index contributed by atoms with van der Waals surface area (Å²) in [6.45, 7) is 2.63. The van der Waals surface area contributed by atoms with E-state index in [0.717, 1.165) is 11.1 Å². The Balaban J connectivity index is 0.000000281. The summed E-state index contributed by atoms with van der Waals surface area (Å²) in [5.41, 5.74) is 5.15. The van der Waals surface area contributed by atoms with Gasteiger partial charge in [0.15, 0.2) is 0 Å². The Hall–Kier alpha value is -3.36. The molecule has 0 aromatic heterocycles. The minimum atomic E-state index is -4.52. The van der Waals surface area contributed by atoms with Gasteiger partial charge in [0.05, 0.1) is 13.1 Å². The van der Waals surface area contributed by atoms with Gasteiger partial charge in [0, 0.05) is 71.3 Å². The van der Waals surface area contributed by atoms with Crippen LogP contribution in [0.1, 0.15) is 60.1 Å². The van der Waals surface area contributed by atoms with Crippen molar-refractivity contribution in [2.24, 2.45) is 15.7 Å². The Kier molecular flexibility index (Phi) is 17.1. The lowest BCUT2D eigenvalue weighted by atomic mass is 9.76. The van der Waals surface area contributed by atoms with Crippen molar-refractivity contribution in [3.05, 3.63) is 138 Å². The van der Waals surface area contributed by atoms with E-state index in [9.17, 15) is 35.9 Å². The standard InChI is InChI=1S/C20H17Cl2F3N2O.C18H15Cl2F3N2.C2H3ClO.ClH/c1-12(28)26-10-13-2-4-14(5-3-13)18-9-19(11-27-18,20(23,24)25)15-6-16(21)8-17(22)7-15;19-14-5-13(6-15(20)7-14)17(18(21,22)23)8-16(25-10-17)12-3-1-11(9-24)2-4-12;1-2(3)4;/h2-8H,9-11H2,1H3,(H,26,28);1-7H,8-10,24H2;1H3;1H. The number of carbonyl (C=O) groups is 2. The summed E-state index contributed by atoms with van der Waals surface area (Å²) in [5, 5.41) is 2.97. The van der Waals surface area contributed by atoms with Crippen molar-refractivity contribution < 1.29 is 35.9 Å². The summed E-state index contributed by atoms with van der Waals surface area (Å²) in [6.07, 6.45) is -9.55.